The Kier molecular flexibility index (Phi) is 26.7. The standard InChI is InChI=1S/C32H66NO7P/c1-6-7-8-9-10-11-12-13-14-15-16-17-18-19-21-24-27-37-29-32(40-31(2)34)30-39-41(35,36)38-28-25-22-20-23-26-33(3,4)5/h32H,6-30H2,1-5H3/t32-/m1/s1. The molecule has 0 aromatic heterocycles. The molecule has 0 rings (SSSR count). The van der Waals surface area contributed by atoms with Gasteiger partial charge in [0.25, 0.3) is 7.82 Å². The Hall–Kier alpha value is -0.500. The molecule has 1 unspecified atom stereocenters. The molecule has 8 nitrogen and oxygen atoms in total. The van der Waals surface area contributed by atoms with Crippen LogP contribution in [0.1, 0.15) is 142 Å². The summed E-state index contributed by atoms with van der Waals surface area (Å²) < 4.78 is 33.8. The number of hydrogen-bond acceptors (Lipinski definition) is 7. The predicted octanol–water partition coefficient (Wildman–Crippen LogP) is 7.96. The van der Waals surface area contributed by atoms with Crippen LogP contribution in [-0.4, -0.2) is 70.7 Å². The lowest BCUT2D eigenvalue weighted by Crippen LogP contribution is -2.35. The van der Waals surface area contributed by atoms with Gasteiger partial charge in [0.1, 0.15) is 6.10 Å². The predicted molar refractivity (Wildman–Crippen MR) is 167 cm³/mol. The Labute approximate surface area is 253 Å². The van der Waals surface area contributed by atoms with E-state index in [1.54, 1.807) is 0 Å². The molecule has 41 heavy (non-hydrogen) atoms. The normalized spacial score (nSPS) is 14.2. The molecule has 0 aromatic carbocycles. The number of rotatable bonds is 31. The van der Waals surface area contributed by atoms with Gasteiger partial charge in [-0.3, -0.25) is 9.36 Å². The van der Waals surface area contributed by atoms with E-state index in [2.05, 4.69) is 28.1 Å². The van der Waals surface area contributed by atoms with E-state index in [1.807, 2.05) is 0 Å². The number of ether oxygens (including phenoxy) is 2. The molecule has 0 saturated carbocycles. The molecule has 0 radical (unpaired) electrons. The average molecular weight is 608 g/mol. The van der Waals surface area contributed by atoms with Gasteiger partial charge in [-0.15, -0.1) is 0 Å². The van der Waals surface area contributed by atoms with E-state index in [0.717, 1.165) is 43.1 Å². The van der Waals surface area contributed by atoms with Crippen molar-refractivity contribution in [3.63, 3.8) is 0 Å². The SMILES string of the molecule is CCCCCCCCCCCCCCCCCCOC[C@H](COP(=O)([O-])OCCCCCC[N+](C)(C)C)OC(C)=O. The van der Waals surface area contributed by atoms with E-state index >= 15 is 0 Å². The Morgan fingerprint density at radius 2 is 1.10 bits per heavy atom. The topological polar surface area (TPSA) is 94.1 Å². The van der Waals surface area contributed by atoms with Gasteiger partial charge in [0.05, 0.1) is 47.5 Å². The monoisotopic (exact) mass is 607 g/mol. The second-order valence-electron chi connectivity index (χ2n) is 12.6. The van der Waals surface area contributed by atoms with E-state index in [4.69, 9.17) is 18.5 Å². The van der Waals surface area contributed by atoms with Crippen LogP contribution in [0.5, 0.6) is 0 Å². The molecule has 0 aliphatic heterocycles. The highest BCUT2D eigenvalue weighted by molar-refractivity contribution is 7.45. The lowest BCUT2D eigenvalue weighted by atomic mass is 10.0. The second-order valence-corrected chi connectivity index (χ2v) is 14.0. The molecule has 0 N–H and O–H groups in total. The number of phosphoric ester groups is 1. The zero-order valence-electron chi connectivity index (χ0n) is 27.5. The summed E-state index contributed by atoms with van der Waals surface area (Å²) in [5, 5.41) is 0. The van der Waals surface area contributed by atoms with Crippen LogP contribution in [0.15, 0.2) is 0 Å². The first-order valence-corrected chi connectivity index (χ1v) is 18.2. The van der Waals surface area contributed by atoms with Crippen molar-refractivity contribution in [2.24, 2.45) is 0 Å². The Morgan fingerprint density at radius 1 is 0.659 bits per heavy atom. The maximum absolute atomic E-state index is 12.1. The van der Waals surface area contributed by atoms with E-state index < -0.39 is 19.9 Å². The van der Waals surface area contributed by atoms with Gasteiger partial charge < -0.3 is 27.9 Å². The summed E-state index contributed by atoms with van der Waals surface area (Å²) in [6.07, 6.45) is 23.9. The van der Waals surface area contributed by atoms with Crippen molar-refractivity contribution < 1.29 is 37.3 Å². The summed E-state index contributed by atoms with van der Waals surface area (Å²) in [7, 11) is 2.02. The molecule has 0 bridgehead atoms. The highest BCUT2D eigenvalue weighted by Crippen LogP contribution is 2.38. The second kappa shape index (κ2) is 27.1. The quantitative estimate of drug-likeness (QED) is 0.0341. The Balaban J connectivity index is 3.74. The van der Waals surface area contributed by atoms with Crippen LogP contribution >= 0.6 is 7.82 Å². The molecule has 0 fully saturated rings. The fraction of sp³-hybridized carbons (Fsp3) is 0.969. The van der Waals surface area contributed by atoms with Crippen LogP contribution < -0.4 is 4.89 Å². The molecule has 0 heterocycles. The maximum atomic E-state index is 12.1. The molecular formula is C32H66NO7P. The molecule has 0 aliphatic rings. The van der Waals surface area contributed by atoms with Gasteiger partial charge >= 0.3 is 5.97 Å². The van der Waals surface area contributed by atoms with Gasteiger partial charge in [-0.25, -0.2) is 0 Å². The molecule has 0 saturated heterocycles. The number of hydrogen-bond donors (Lipinski definition) is 0. The highest BCUT2D eigenvalue weighted by Gasteiger charge is 2.18. The molecular weight excluding hydrogens is 541 g/mol. The van der Waals surface area contributed by atoms with E-state index in [-0.39, 0.29) is 19.8 Å². The minimum absolute atomic E-state index is 0.0964. The summed E-state index contributed by atoms with van der Waals surface area (Å²) in [5.74, 6) is -0.500. The summed E-state index contributed by atoms with van der Waals surface area (Å²) in [5.41, 5.74) is 0. The molecule has 0 aromatic rings. The number of quaternary nitrogens is 1. The van der Waals surface area contributed by atoms with Gasteiger partial charge in [0.15, 0.2) is 0 Å². The fourth-order valence-corrected chi connectivity index (χ4v) is 5.52. The van der Waals surface area contributed by atoms with Crippen molar-refractivity contribution in [2.45, 2.75) is 148 Å². The summed E-state index contributed by atoms with van der Waals surface area (Å²) in [6, 6.07) is 0. The van der Waals surface area contributed by atoms with Crippen molar-refractivity contribution in [3.05, 3.63) is 0 Å². The van der Waals surface area contributed by atoms with Crippen molar-refractivity contribution >= 4 is 13.8 Å². The molecule has 9 heteroatoms. The highest BCUT2D eigenvalue weighted by atomic mass is 31.2. The molecule has 0 spiro atoms. The summed E-state index contributed by atoms with van der Waals surface area (Å²) in [4.78, 5) is 23.5. The van der Waals surface area contributed by atoms with Gasteiger partial charge in [0, 0.05) is 13.5 Å². The van der Waals surface area contributed by atoms with Crippen molar-refractivity contribution in [1.82, 2.24) is 0 Å². The third-order valence-corrected chi connectivity index (χ3v) is 8.13. The number of nitrogens with zero attached hydrogens (tertiary/aromatic N) is 1. The number of carbonyl (C=O) groups is 1. The largest absolute Gasteiger partial charge is 0.756 e. The van der Waals surface area contributed by atoms with Crippen molar-refractivity contribution in [1.29, 1.82) is 0 Å². The van der Waals surface area contributed by atoms with Gasteiger partial charge in [-0.2, -0.15) is 0 Å². The third kappa shape index (κ3) is 32.3. The average Bonchev–Trinajstić information content (AvgIpc) is 2.89. The van der Waals surface area contributed by atoms with Crippen LogP contribution in [0.3, 0.4) is 0 Å². The number of unbranched alkanes of at least 4 members (excludes halogenated alkanes) is 18. The number of carbonyl (C=O) groups excluding carboxylic acids is 1. The first-order chi connectivity index (χ1) is 19.6. The van der Waals surface area contributed by atoms with E-state index in [0.29, 0.717) is 13.0 Å². The van der Waals surface area contributed by atoms with Gasteiger partial charge in [-0.1, -0.05) is 110 Å². The zero-order valence-corrected chi connectivity index (χ0v) is 28.4. The third-order valence-electron chi connectivity index (χ3n) is 7.17. The van der Waals surface area contributed by atoms with Crippen LogP contribution in [0, 0.1) is 0 Å². The Bertz CT molecular complexity index is 642. The van der Waals surface area contributed by atoms with E-state index in [1.165, 1.54) is 96.8 Å². The molecule has 0 aliphatic carbocycles. The number of esters is 1. The zero-order chi connectivity index (χ0) is 30.7. The summed E-state index contributed by atoms with van der Waals surface area (Å²) in [6.45, 7) is 5.09. The molecule has 0 amide bonds. The van der Waals surface area contributed by atoms with Crippen LogP contribution in [0.4, 0.5) is 0 Å². The maximum Gasteiger partial charge on any atom is 0.303 e. The lowest BCUT2D eigenvalue weighted by Gasteiger charge is -2.25. The van der Waals surface area contributed by atoms with Gasteiger partial charge in [-0.05, 0) is 25.7 Å². The minimum Gasteiger partial charge on any atom is -0.756 e. The molecule has 2 atom stereocenters. The Morgan fingerprint density at radius 3 is 1.56 bits per heavy atom. The first-order valence-electron chi connectivity index (χ1n) is 16.7. The lowest BCUT2D eigenvalue weighted by molar-refractivity contribution is -0.870. The van der Waals surface area contributed by atoms with Crippen molar-refractivity contribution in [3.8, 4) is 0 Å². The van der Waals surface area contributed by atoms with Crippen molar-refractivity contribution in [2.75, 3.05) is 54.1 Å². The first kappa shape index (κ1) is 40.5. The number of phosphoric acid groups is 1. The fourth-order valence-electron chi connectivity index (χ4n) is 4.75. The smallest absolute Gasteiger partial charge is 0.303 e. The summed E-state index contributed by atoms with van der Waals surface area (Å²) >= 11 is 0. The van der Waals surface area contributed by atoms with Crippen LogP contribution in [0.25, 0.3) is 0 Å². The van der Waals surface area contributed by atoms with E-state index in [9.17, 15) is 14.3 Å². The van der Waals surface area contributed by atoms with Gasteiger partial charge in [0.2, 0.25) is 0 Å². The van der Waals surface area contributed by atoms with Crippen LogP contribution in [-0.2, 0) is 27.9 Å². The van der Waals surface area contributed by atoms with Crippen LogP contribution in [0.2, 0.25) is 0 Å². The minimum atomic E-state index is -4.45. The molecule has 246 valence electrons.